The van der Waals surface area contributed by atoms with Crippen LogP contribution in [0.25, 0.3) is 0 Å². The fraction of sp³-hybridized carbons (Fsp3) is 0.303. The van der Waals surface area contributed by atoms with E-state index >= 15 is 0 Å². The number of carbonyl (C=O) groups is 4. The number of pyridine rings is 1. The topological polar surface area (TPSA) is 153 Å². The minimum absolute atomic E-state index is 0.0256. The molecule has 2 saturated heterocycles. The molecule has 0 spiro atoms. The smallest absolute Gasteiger partial charge is 0.356 e. The third kappa shape index (κ3) is 6.15. The van der Waals surface area contributed by atoms with Crippen molar-refractivity contribution >= 4 is 23.7 Å². The number of phenolic OH excluding ortho intramolecular Hbond substituents is 1. The van der Waals surface area contributed by atoms with Crippen molar-refractivity contribution in [1.29, 1.82) is 0 Å². The van der Waals surface area contributed by atoms with Crippen molar-refractivity contribution in [1.82, 2.24) is 31.0 Å². The molecule has 3 atom stereocenters. The summed E-state index contributed by atoms with van der Waals surface area (Å²) in [5.74, 6) is -1.97. The molecule has 3 aromatic rings. The molecular weight excluding hydrogens is 576 g/mol. The predicted molar refractivity (Wildman–Crippen MR) is 164 cm³/mol. The number of carbonyl (C=O) groups excluding carboxylic acids is 4. The predicted octanol–water partition coefficient (Wildman–Crippen LogP) is 1.77. The van der Waals surface area contributed by atoms with Gasteiger partial charge in [0.25, 0.3) is 5.91 Å². The average Bonchev–Trinajstić information content (AvgIpc) is 3.04. The maximum Gasteiger partial charge on any atom is 0.356 e. The van der Waals surface area contributed by atoms with E-state index in [4.69, 9.17) is 4.74 Å². The van der Waals surface area contributed by atoms with Gasteiger partial charge in [0.1, 0.15) is 23.7 Å². The van der Waals surface area contributed by atoms with Crippen LogP contribution in [0.1, 0.15) is 41.2 Å². The van der Waals surface area contributed by atoms with Crippen LogP contribution in [0.4, 0.5) is 0 Å². The molecule has 3 amide bonds. The Morgan fingerprint density at radius 2 is 1.80 bits per heavy atom. The first-order chi connectivity index (χ1) is 21.7. The molecule has 12 heteroatoms. The molecule has 4 N–H and O–H groups in total. The fourth-order valence-corrected chi connectivity index (χ4v) is 5.89. The quantitative estimate of drug-likeness (QED) is 0.198. The molecule has 0 saturated carbocycles. The molecule has 1 aromatic heterocycles. The molecule has 5 rings (SSSR count). The zero-order valence-corrected chi connectivity index (χ0v) is 25.2. The van der Waals surface area contributed by atoms with E-state index in [1.807, 2.05) is 30.3 Å². The minimum Gasteiger partial charge on any atom is -0.508 e. The van der Waals surface area contributed by atoms with E-state index in [9.17, 15) is 24.3 Å². The first-order valence-electron chi connectivity index (χ1n) is 14.7. The van der Waals surface area contributed by atoms with Crippen LogP contribution in [0.2, 0.25) is 0 Å². The third-order valence-electron chi connectivity index (χ3n) is 7.99. The number of rotatable bonds is 10. The van der Waals surface area contributed by atoms with Crippen LogP contribution >= 0.6 is 0 Å². The maximum absolute atomic E-state index is 14.7. The Labute approximate surface area is 261 Å². The van der Waals surface area contributed by atoms with E-state index in [0.717, 1.165) is 5.56 Å². The van der Waals surface area contributed by atoms with Gasteiger partial charge in [0.15, 0.2) is 5.54 Å². The third-order valence-corrected chi connectivity index (χ3v) is 7.99. The second kappa shape index (κ2) is 13.3. The Balaban J connectivity index is 1.64. The fourth-order valence-electron chi connectivity index (χ4n) is 5.89. The molecule has 2 fully saturated rings. The first-order valence-corrected chi connectivity index (χ1v) is 14.7. The number of aromatic hydroxyl groups is 1. The van der Waals surface area contributed by atoms with E-state index < -0.39 is 35.5 Å². The van der Waals surface area contributed by atoms with Gasteiger partial charge in [0.05, 0.1) is 25.4 Å². The highest BCUT2D eigenvalue weighted by molar-refractivity contribution is 5.99. The Kier molecular flexibility index (Phi) is 9.26. The number of nitrogens with zero attached hydrogens (tertiary/aromatic N) is 3. The van der Waals surface area contributed by atoms with E-state index in [1.54, 1.807) is 38.1 Å². The summed E-state index contributed by atoms with van der Waals surface area (Å²) in [5, 5.41) is 12.8. The van der Waals surface area contributed by atoms with E-state index in [2.05, 4.69) is 27.7 Å². The van der Waals surface area contributed by atoms with Crippen molar-refractivity contribution in [3.63, 3.8) is 0 Å². The number of aromatic nitrogens is 1. The molecule has 2 aromatic carbocycles. The highest BCUT2D eigenvalue weighted by Gasteiger charge is 2.56. The van der Waals surface area contributed by atoms with Crippen molar-refractivity contribution in [2.75, 3.05) is 19.7 Å². The summed E-state index contributed by atoms with van der Waals surface area (Å²) in [6, 6.07) is 19.3. The number of hydrogen-bond donors (Lipinski definition) is 4. The minimum atomic E-state index is -1.88. The molecule has 12 nitrogen and oxygen atoms in total. The number of amides is 3. The standard InChI is InChI=1S/C33H36N6O6/c1-4-45-31(43)25-11-8-12-27(36-25)33(21(2)3,32(44)34-18-23-9-6-5-7-10-23)38-20-28-37-35-19-29(41)39(28)26(30(38)42)17-22-13-15-24(40)16-14-22/h5-16,26,28,35,37,40H,2,4,17-20H2,1,3H3,(H,34,44). The lowest BCUT2D eigenvalue weighted by Crippen LogP contribution is -2.77. The largest absolute Gasteiger partial charge is 0.508 e. The van der Waals surface area contributed by atoms with Gasteiger partial charge in [-0.2, -0.15) is 0 Å². The van der Waals surface area contributed by atoms with Crippen LogP contribution in [-0.2, 0) is 37.6 Å². The van der Waals surface area contributed by atoms with Crippen LogP contribution in [-0.4, -0.2) is 75.5 Å². The van der Waals surface area contributed by atoms with E-state index in [1.165, 1.54) is 28.0 Å². The SMILES string of the molecule is C=C(C)C(C(=O)NCc1ccccc1)(c1cccc(C(=O)OCC)n1)N1CC2NNCC(=O)N2C(Cc2ccc(O)cc2)C1=O. The van der Waals surface area contributed by atoms with E-state index in [0.29, 0.717) is 5.56 Å². The number of hydrazine groups is 1. The number of benzene rings is 2. The summed E-state index contributed by atoms with van der Waals surface area (Å²) in [6.07, 6.45) is -0.590. The van der Waals surface area contributed by atoms with Crippen molar-refractivity contribution in [3.8, 4) is 5.75 Å². The Hall–Kier alpha value is -5.07. The number of phenols is 1. The first kappa shape index (κ1) is 31.4. The van der Waals surface area contributed by atoms with Crippen molar-refractivity contribution in [3.05, 3.63) is 107 Å². The molecule has 234 valence electrons. The normalized spacial score (nSPS) is 19.3. The lowest BCUT2D eigenvalue weighted by Gasteiger charge is -2.53. The lowest BCUT2D eigenvalue weighted by atomic mass is 9.81. The van der Waals surface area contributed by atoms with Crippen LogP contribution in [0.5, 0.6) is 5.75 Å². The number of nitrogens with one attached hydrogen (secondary N) is 3. The number of hydrogen-bond acceptors (Lipinski definition) is 9. The van der Waals surface area contributed by atoms with Crippen LogP contribution < -0.4 is 16.2 Å². The van der Waals surface area contributed by atoms with Crippen LogP contribution in [0.3, 0.4) is 0 Å². The number of ether oxygens (including phenoxy) is 1. The Bertz CT molecular complexity index is 1600. The molecule has 45 heavy (non-hydrogen) atoms. The van der Waals surface area contributed by atoms with Crippen molar-refractivity contribution < 1.29 is 29.0 Å². The molecule has 0 aliphatic carbocycles. The molecule has 3 unspecified atom stereocenters. The van der Waals surface area contributed by atoms with Gasteiger partial charge in [-0.3, -0.25) is 14.4 Å². The molecule has 2 aliphatic heterocycles. The van der Waals surface area contributed by atoms with Gasteiger partial charge in [-0.1, -0.05) is 55.1 Å². The molecule has 2 aliphatic rings. The second-order valence-corrected chi connectivity index (χ2v) is 10.9. The van der Waals surface area contributed by atoms with Gasteiger partial charge < -0.3 is 25.0 Å². The molecular formula is C33H36N6O6. The second-order valence-electron chi connectivity index (χ2n) is 10.9. The summed E-state index contributed by atoms with van der Waals surface area (Å²) >= 11 is 0. The van der Waals surface area contributed by atoms with Gasteiger partial charge in [0.2, 0.25) is 11.8 Å². The molecule has 0 bridgehead atoms. The average molecular weight is 613 g/mol. The van der Waals surface area contributed by atoms with Crippen LogP contribution in [0, 0.1) is 0 Å². The van der Waals surface area contributed by atoms with Crippen molar-refractivity contribution in [2.24, 2.45) is 0 Å². The lowest BCUT2D eigenvalue weighted by molar-refractivity contribution is -0.169. The van der Waals surface area contributed by atoms with Gasteiger partial charge in [-0.05, 0) is 54.8 Å². The Morgan fingerprint density at radius 3 is 2.49 bits per heavy atom. The van der Waals surface area contributed by atoms with E-state index in [-0.39, 0.29) is 61.3 Å². The zero-order chi connectivity index (χ0) is 32.1. The maximum atomic E-state index is 14.7. The monoisotopic (exact) mass is 612 g/mol. The number of fused-ring (bicyclic) bond motifs is 1. The number of esters is 1. The van der Waals surface area contributed by atoms with Gasteiger partial charge in [-0.25, -0.2) is 20.6 Å². The van der Waals surface area contributed by atoms with Crippen LogP contribution in [0.15, 0.2) is 84.9 Å². The highest BCUT2D eigenvalue weighted by atomic mass is 16.5. The summed E-state index contributed by atoms with van der Waals surface area (Å²) in [7, 11) is 0. The highest BCUT2D eigenvalue weighted by Crippen LogP contribution is 2.39. The molecule has 3 heterocycles. The molecule has 0 radical (unpaired) electrons. The zero-order valence-electron chi connectivity index (χ0n) is 25.2. The number of piperazine rings is 1. The van der Waals surface area contributed by atoms with Gasteiger partial charge in [-0.15, -0.1) is 0 Å². The summed E-state index contributed by atoms with van der Waals surface area (Å²) < 4.78 is 5.18. The summed E-state index contributed by atoms with van der Waals surface area (Å²) in [6.45, 7) is 7.65. The Morgan fingerprint density at radius 1 is 1.07 bits per heavy atom. The van der Waals surface area contributed by atoms with Gasteiger partial charge >= 0.3 is 5.97 Å². The summed E-state index contributed by atoms with van der Waals surface area (Å²) in [5.41, 5.74) is 5.99. The van der Waals surface area contributed by atoms with Gasteiger partial charge in [0, 0.05) is 13.0 Å². The summed E-state index contributed by atoms with van der Waals surface area (Å²) in [4.78, 5) is 62.7. The van der Waals surface area contributed by atoms with Crippen molar-refractivity contribution in [2.45, 2.75) is 44.6 Å².